The van der Waals surface area contributed by atoms with Crippen molar-refractivity contribution in [1.29, 1.82) is 0 Å². The first-order chi connectivity index (χ1) is 16.6. The molecule has 2 amide bonds. The normalized spacial score (nSPS) is 14.7. The lowest BCUT2D eigenvalue weighted by molar-refractivity contribution is -0.127. The highest BCUT2D eigenvalue weighted by Gasteiger charge is 2.28. The number of alkyl halides is 3. The van der Waals surface area contributed by atoms with E-state index in [0.29, 0.717) is 45.4 Å². The molecule has 1 aliphatic rings. The molecule has 2 aromatic carbocycles. The number of carbonyl (C=O) groups excluding carboxylic acids is 1. The summed E-state index contributed by atoms with van der Waals surface area (Å²) in [6, 6.07) is 12.6. The number of aliphatic hydroxyl groups is 1. The molecule has 11 heteroatoms. The second kappa shape index (κ2) is 10.2. The van der Waals surface area contributed by atoms with E-state index in [0.717, 1.165) is 5.56 Å². The zero-order valence-corrected chi connectivity index (χ0v) is 19.6. The van der Waals surface area contributed by atoms with Crippen molar-refractivity contribution in [2.24, 2.45) is 5.10 Å². The van der Waals surface area contributed by atoms with Crippen molar-refractivity contribution in [3.8, 4) is 0 Å². The highest BCUT2D eigenvalue weighted by atomic mass is 35.5. The number of pyridine rings is 1. The maximum absolute atomic E-state index is 12.5. The zero-order chi connectivity index (χ0) is 25.2. The van der Waals surface area contributed by atoms with Gasteiger partial charge in [0.15, 0.2) is 0 Å². The lowest BCUT2D eigenvalue weighted by Crippen LogP contribution is -2.41. The number of aromatic nitrogens is 1. The van der Waals surface area contributed by atoms with Gasteiger partial charge in [-0.3, -0.25) is 4.98 Å². The van der Waals surface area contributed by atoms with Crippen LogP contribution in [0.5, 0.6) is 0 Å². The molecule has 6 nitrogen and oxygen atoms in total. The number of benzene rings is 2. The molecule has 0 spiro atoms. The molecule has 1 atom stereocenters. The number of nitrogens with one attached hydrogen (secondary N) is 1. The molecular formula is C24H19Cl2F3N4O2. The van der Waals surface area contributed by atoms with Gasteiger partial charge in [-0.05, 0) is 34.9 Å². The summed E-state index contributed by atoms with van der Waals surface area (Å²) in [6.07, 6.45) is -3.31. The number of hydrogen-bond donors (Lipinski definition) is 2. The number of anilines is 1. The quantitative estimate of drug-likeness (QED) is 0.437. The van der Waals surface area contributed by atoms with Gasteiger partial charge in [0.2, 0.25) is 0 Å². The molecular weight excluding hydrogens is 504 g/mol. The minimum atomic E-state index is -4.34. The van der Waals surface area contributed by atoms with Gasteiger partial charge in [-0.15, -0.1) is 0 Å². The van der Waals surface area contributed by atoms with Crippen molar-refractivity contribution in [3.63, 3.8) is 0 Å². The number of urea groups is 1. The van der Waals surface area contributed by atoms with Crippen LogP contribution in [0.15, 0.2) is 59.8 Å². The van der Waals surface area contributed by atoms with Gasteiger partial charge in [0.1, 0.15) is 6.10 Å². The van der Waals surface area contributed by atoms with Gasteiger partial charge >= 0.3 is 12.2 Å². The Hall–Kier alpha value is -3.14. The second-order valence-electron chi connectivity index (χ2n) is 7.88. The maximum atomic E-state index is 12.5. The van der Waals surface area contributed by atoms with E-state index in [4.69, 9.17) is 23.2 Å². The Morgan fingerprint density at radius 1 is 1.06 bits per heavy atom. The fourth-order valence-electron chi connectivity index (χ4n) is 3.57. The number of hydrogen-bond acceptors (Lipinski definition) is 4. The van der Waals surface area contributed by atoms with Crippen LogP contribution in [0.25, 0.3) is 0 Å². The van der Waals surface area contributed by atoms with E-state index in [-0.39, 0.29) is 11.7 Å². The number of rotatable bonds is 6. The van der Waals surface area contributed by atoms with Gasteiger partial charge in [-0.1, -0.05) is 53.5 Å². The summed E-state index contributed by atoms with van der Waals surface area (Å²) < 4.78 is 37.5. The third-order valence-electron chi connectivity index (χ3n) is 5.33. The number of hydrazone groups is 1. The molecule has 0 saturated carbocycles. The fourth-order valence-corrected chi connectivity index (χ4v) is 4.18. The molecule has 2 N–H and O–H groups in total. The summed E-state index contributed by atoms with van der Waals surface area (Å²) in [6.45, 7) is 0.347. The average Bonchev–Trinajstić information content (AvgIpc) is 2.81. The first kappa shape index (κ1) is 25.0. The van der Waals surface area contributed by atoms with Crippen molar-refractivity contribution >= 4 is 41.1 Å². The summed E-state index contributed by atoms with van der Waals surface area (Å²) in [7, 11) is 0. The Morgan fingerprint density at radius 2 is 1.71 bits per heavy atom. The Morgan fingerprint density at radius 3 is 2.29 bits per heavy atom. The Bertz CT molecular complexity index is 1230. The largest absolute Gasteiger partial charge is 0.394 e. The lowest BCUT2D eigenvalue weighted by Gasteiger charge is -2.22. The van der Waals surface area contributed by atoms with Crippen LogP contribution in [-0.2, 0) is 12.8 Å². The van der Waals surface area contributed by atoms with Crippen molar-refractivity contribution in [2.75, 3.05) is 11.6 Å². The van der Waals surface area contributed by atoms with Gasteiger partial charge < -0.3 is 10.4 Å². The van der Waals surface area contributed by atoms with E-state index in [1.165, 1.54) is 23.3 Å². The highest BCUT2D eigenvalue weighted by Crippen LogP contribution is 2.33. The monoisotopic (exact) mass is 522 g/mol. The first-order valence-corrected chi connectivity index (χ1v) is 11.2. The molecule has 0 bridgehead atoms. The molecule has 0 fully saturated rings. The minimum absolute atomic E-state index is 0.115. The average molecular weight is 523 g/mol. The molecule has 35 heavy (non-hydrogen) atoms. The molecule has 1 aliphatic heterocycles. The summed E-state index contributed by atoms with van der Waals surface area (Å²) in [5, 5.41) is 19.2. The molecule has 0 aliphatic carbocycles. The van der Waals surface area contributed by atoms with Crippen LogP contribution >= 0.6 is 23.2 Å². The number of amides is 2. The topological polar surface area (TPSA) is 77.8 Å². The van der Waals surface area contributed by atoms with Gasteiger partial charge in [-0.2, -0.15) is 23.3 Å². The number of nitrogens with zero attached hydrogens (tertiary/aromatic N) is 3. The van der Waals surface area contributed by atoms with E-state index in [1.807, 2.05) is 0 Å². The second-order valence-corrected chi connectivity index (χ2v) is 8.69. The molecule has 3 aromatic rings. The van der Waals surface area contributed by atoms with Gasteiger partial charge in [0.25, 0.3) is 0 Å². The summed E-state index contributed by atoms with van der Waals surface area (Å²) in [5.74, 6) is 0. The predicted octanol–water partition coefficient (Wildman–Crippen LogP) is 5.68. The third-order valence-corrected chi connectivity index (χ3v) is 6.00. The van der Waals surface area contributed by atoms with Crippen LogP contribution in [0.4, 0.5) is 23.7 Å². The number of carbonyl (C=O) groups is 1. The lowest BCUT2D eigenvalue weighted by atomic mass is 9.98. The van der Waals surface area contributed by atoms with Crippen LogP contribution in [-0.4, -0.2) is 35.1 Å². The van der Waals surface area contributed by atoms with E-state index >= 15 is 0 Å². The van der Waals surface area contributed by atoms with Crippen LogP contribution in [0.3, 0.4) is 0 Å². The smallest absolute Gasteiger partial charge is 0.384 e. The molecule has 1 aromatic heterocycles. The molecule has 182 valence electrons. The van der Waals surface area contributed by atoms with E-state index in [9.17, 15) is 23.1 Å². The maximum Gasteiger partial charge on any atom is 0.394 e. The first-order valence-electron chi connectivity index (χ1n) is 10.5. The Labute approximate surface area is 209 Å². The fraction of sp³-hybridized carbons (Fsp3) is 0.208. The number of halogens is 5. The molecule has 0 saturated heterocycles. The molecule has 0 radical (unpaired) electrons. The SMILES string of the molecule is O=C1NCC=NN1c1cc(Cl)c(Cc2ccc(C(O)c3ccc(CC(F)(F)F)nc3)cc2)c(Cl)c1. The number of aliphatic hydroxyl groups excluding tert-OH is 1. The van der Waals surface area contributed by atoms with Crippen molar-refractivity contribution in [2.45, 2.75) is 25.1 Å². The van der Waals surface area contributed by atoms with Crippen LogP contribution in [0.2, 0.25) is 10.0 Å². The molecule has 1 unspecified atom stereocenters. The van der Waals surface area contributed by atoms with Crippen LogP contribution in [0, 0.1) is 0 Å². The minimum Gasteiger partial charge on any atom is -0.384 e. The van der Waals surface area contributed by atoms with Crippen molar-refractivity contribution in [1.82, 2.24) is 10.3 Å². The van der Waals surface area contributed by atoms with Gasteiger partial charge in [0, 0.05) is 40.1 Å². The highest BCUT2D eigenvalue weighted by molar-refractivity contribution is 6.36. The zero-order valence-electron chi connectivity index (χ0n) is 18.1. The summed E-state index contributed by atoms with van der Waals surface area (Å²) in [5.41, 5.74) is 2.79. The van der Waals surface area contributed by atoms with Crippen molar-refractivity contribution < 1.29 is 23.1 Å². The molecule has 2 heterocycles. The predicted molar refractivity (Wildman–Crippen MR) is 128 cm³/mol. The van der Waals surface area contributed by atoms with Crippen LogP contribution < -0.4 is 10.3 Å². The standard InChI is InChI=1S/C24H19Cl2F3N4O2/c25-20-10-18(33-23(35)30-7-8-32-33)11-21(26)19(20)9-14-1-3-15(4-2-14)22(34)16-5-6-17(31-13-16)12-24(27,28)29/h1-6,8,10-11,13,22,34H,7,9,12H2,(H,30,35). The summed E-state index contributed by atoms with van der Waals surface area (Å²) in [4.78, 5) is 15.8. The van der Waals surface area contributed by atoms with E-state index in [2.05, 4.69) is 15.4 Å². The Balaban J connectivity index is 1.47. The van der Waals surface area contributed by atoms with E-state index in [1.54, 1.807) is 42.6 Å². The molecule has 4 rings (SSSR count). The van der Waals surface area contributed by atoms with Crippen LogP contribution in [0.1, 0.15) is 34.1 Å². The summed E-state index contributed by atoms with van der Waals surface area (Å²) >= 11 is 12.9. The van der Waals surface area contributed by atoms with Gasteiger partial charge in [-0.25, -0.2) is 4.79 Å². The van der Waals surface area contributed by atoms with Crippen molar-refractivity contribution in [3.05, 3.63) is 92.7 Å². The third kappa shape index (κ3) is 6.11. The van der Waals surface area contributed by atoms with Gasteiger partial charge in [0.05, 0.1) is 18.7 Å². The Kier molecular flexibility index (Phi) is 7.30. The van der Waals surface area contributed by atoms with E-state index < -0.39 is 18.7 Å².